The molecule has 2 aromatic heterocycles. The van der Waals surface area contributed by atoms with Crippen molar-refractivity contribution in [2.45, 2.75) is 50.7 Å². The Morgan fingerprint density at radius 2 is 2.15 bits per heavy atom. The van der Waals surface area contributed by atoms with Crippen LogP contribution in [0.5, 0.6) is 0 Å². The van der Waals surface area contributed by atoms with Gasteiger partial charge >= 0.3 is 0 Å². The summed E-state index contributed by atoms with van der Waals surface area (Å²) >= 11 is 0. The standard InChI is InChI=1S/C20H23N5O/c1-20-10-6-5-9-17(20)24(16-8-4-3-7-15(16)20)18-11-14(12-26-2)23-19-21-13-22-25(18)19/h3-4,7-8,11,13,17H,5-6,9-10,12H2,1-2H3/t17-,20-/m0/s1. The SMILES string of the molecule is COCc1cc(N2c3ccccc3[C@]3(C)CCCC[C@H]23)n2ncnc2n1. The monoisotopic (exact) mass is 349 g/mol. The highest BCUT2D eigenvalue weighted by Crippen LogP contribution is 2.54. The Morgan fingerprint density at radius 1 is 1.27 bits per heavy atom. The fourth-order valence-corrected chi connectivity index (χ4v) is 4.90. The predicted octanol–water partition coefficient (Wildman–Crippen LogP) is 3.62. The molecule has 0 N–H and O–H groups in total. The van der Waals surface area contributed by atoms with Crippen molar-refractivity contribution in [2.75, 3.05) is 12.0 Å². The first-order valence-electron chi connectivity index (χ1n) is 9.30. The van der Waals surface area contributed by atoms with Crippen LogP contribution in [0.1, 0.15) is 43.9 Å². The van der Waals surface area contributed by atoms with Crippen LogP contribution in [0.3, 0.4) is 0 Å². The lowest BCUT2D eigenvalue weighted by Gasteiger charge is -2.40. The van der Waals surface area contributed by atoms with E-state index in [1.165, 1.54) is 36.9 Å². The van der Waals surface area contributed by atoms with Gasteiger partial charge in [-0.15, -0.1) is 0 Å². The van der Waals surface area contributed by atoms with E-state index in [1.54, 1.807) is 13.4 Å². The van der Waals surface area contributed by atoms with Gasteiger partial charge in [0.25, 0.3) is 5.78 Å². The van der Waals surface area contributed by atoms with Crippen LogP contribution >= 0.6 is 0 Å². The second-order valence-corrected chi connectivity index (χ2v) is 7.58. The van der Waals surface area contributed by atoms with E-state index < -0.39 is 0 Å². The summed E-state index contributed by atoms with van der Waals surface area (Å²) in [6, 6.07) is 11.3. The Bertz CT molecular complexity index is 968. The first-order valence-corrected chi connectivity index (χ1v) is 9.30. The Kier molecular flexibility index (Phi) is 3.50. The molecule has 134 valence electrons. The van der Waals surface area contributed by atoms with E-state index in [0.717, 1.165) is 11.5 Å². The zero-order valence-corrected chi connectivity index (χ0v) is 15.2. The number of fused-ring (bicyclic) bond motifs is 4. The first-order chi connectivity index (χ1) is 12.7. The average molecular weight is 349 g/mol. The molecule has 2 aliphatic rings. The summed E-state index contributed by atoms with van der Waals surface area (Å²) < 4.78 is 7.19. The van der Waals surface area contributed by atoms with Crippen molar-refractivity contribution < 1.29 is 4.74 Å². The number of anilines is 2. The van der Waals surface area contributed by atoms with Crippen molar-refractivity contribution in [1.29, 1.82) is 0 Å². The number of nitrogens with zero attached hydrogens (tertiary/aromatic N) is 5. The van der Waals surface area contributed by atoms with Gasteiger partial charge in [-0.05, 0) is 24.5 Å². The highest BCUT2D eigenvalue weighted by atomic mass is 16.5. The summed E-state index contributed by atoms with van der Waals surface area (Å²) in [5, 5.41) is 4.46. The Morgan fingerprint density at radius 3 is 3.04 bits per heavy atom. The molecule has 0 saturated heterocycles. The molecule has 0 radical (unpaired) electrons. The summed E-state index contributed by atoms with van der Waals surface area (Å²) in [4.78, 5) is 11.4. The maximum Gasteiger partial charge on any atom is 0.254 e. The van der Waals surface area contributed by atoms with Gasteiger partial charge in [-0.2, -0.15) is 14.6 Å². The smallest absolute Gasteiger partial charge is 0.254 e. The molecule has 1 aliphatic heterocycles. The van der Waals surface area contributed by atoms with Crippen molar-refractivity contribution in [3.8, 4) is 0 Å². The lowest BCUT2D eigenvalue weighted by Crippen LogP contribution is -2.43. The van der Waals surface area contributed by atoms with Crippen molar-refractivity contribution in [3.05, 3.63) is 47.9 Å². The van der Waals surface area contributed by atoms with Gasteiger partial charge in [-0.1, -0.05) is 38.0 Å². The van der Waals surface area contributed by atoms with Gasteiger partial charge in [0.2, 0.25) is 0 Å². The molecule has 6 nitrogen and oxygen atoms in total. The number of benzene rings is 1. The molecule has 6 heteroatoms. The lowest BCUT2D eigenvalue weighted by atomic mass is 9.69. The topological polar surface area (TPSA) is 55.6 Å². The summed E-state index contributed by atoms with van der Waals surface area (Å²) in [7, 11) is 1.69. The Balaban J connectivity index is 1.75. The molecule has 0 amide bonds. The van der Waals surface area contributed by atoms with E-state index in [9.17, 15) is 0 Å². The second-order valence-electron chi connectivity index (χ2n) is 7.58. The van der Waals surface area contributed by atoms with Crippen LogP contribution in [-0.2, 0) is 16.8 Å². The highest BCUT2D eigenvalue weighted by Gasteiger charge is 2.49. The van der Waals surface area contributed by atoms with E-state index in [-0.39, 0.29) is 5.41 Å². The minimum Gasteiger partial charge on any atom is -0.378 e. The second kappa shape index (κ2) is 5.77. The largest absolute Gasteiger partial charge is 0.378 e. The summed E-state index contributed by atoms with van der Waals surface area (Å²) in [6.45, 7) is 2.89. The fourth-order valence-electron chi connectivity index (χ4n) is 4.90. The van der Waals surface area contributed by atoms with Gasteiger partial charge in [0.1, 0.15) is 12.1 Å². The van der Waals surface area contributed by atoms with E-state index in [1.807, 2.05) is 4.52 Å². The van der Waals surface area contributed by atoms with Crippen molar-refractivity contribution in [3.63, 3.8) is 0 Å². The van der Waals surface area contributed by atoms with Crippen LogP contribution in [0.25, 0.3) is 5.78 Å². The molecule has 5 rings (SSSR count). The molecule has 3 heterocycles. The number of hydrogen-bond donors (Lipinski definition) is 0. The third-order valence-corrected chi connectivity index (χ3v) is 6.07. The summed E-state index contributed by atoms with van der Waals surface area (Å²) in [5.41, 5.74) is 3.79. The van der Waals surface area contributed by atoms with Crippen LogP contribution < -0.4 is 4.90 Å². The molecular formula is C20H23N5O. The van der Waals surface area contributed by atoms with Crippen molar-refractivity contribution >= 4 is 17.3 Å². The molecule has 1 fully saturated rings. The van der Waals surface area contributed by atoms with Gasteiger partial charge < -0.3 is 9.64 Å². The zero-order valence-electron chi connectivity index (χ0n) is 15.2. The number of methoxy groups -OCH3 is 1. The van der Waals surface area contributed by atoms with E-state index in [4.69, 9.17) is 4.74 Å². The molecule has 0 bridgehead atoms. The van der Waals surface area contributed by atoms with E-state index in [2.05, 4.69) is 57.2 Å². The van der Waals surface area contributed by atoms with E-state index >= 15 is 0 Å². The van der Waals surface area contributed by atoms with Crippen LogP contribution in [0.2, 0.25) is 0 Å². The molecule has 1 aromatic carbocycles. The molecule has 1 saturated carbocycles. The maximum absolute atomic E-state index is 5.33. The first kappa shape index (κ1) is 15.8. The van der Waals surface area contributed by atoms with Gasteiger partial charge in [0.15, 0.2) is 0 Å². The molecule has 2 atom stereocenters. The lowest BCUT2D eigenvalue weighted by molar-refractivity contribution is 0.181. The molecule has 0 spiro atoms. The minimum atomic E-state index is 0.173. The Hall–Kier alpha value is -2.47. The number of para-hydroxylation sites is 1. The molecular weight excluding hydrogens is 326 g/mol. The molecule has 0 unspecified atom stereocenters. The number of hydrogen-bond acceptors (Lipinski definition) is 5. The molecule has 26 heavy (non-hydrogen) atoms. The van der Waals surface area contributed by atoms with Crippen LogP contribution in [0, 0.1) is 0 Å². The van der Waals surface area contributed by atoms with Gasteiger partial charge in [-0.25, -0.2) is 4.98 Å². The van der Waals surface area contributed by atoms with Gasteiger partial charge in [0, 0.05) is 30.3 Å². The van der Waals surface area contributed by atoms with Crippen molar-refractivity contribution in [1.82, 2.24) is 19.6 Å². The van der Waals surface area contributed by atoms with Crippen LogP contribution in [0.15, 0.2) is 36.7 Å². The van der Waals surface area contributed by atoms with Crippen LogP contribution in [-0.4, -0.2) is 32.7 Å². The fraction of sp³-hybridized carbons (Fsp3) is 0.450. The third-order valence-electron chi connectivity index (χ3n) is 6.07. The van der Waals surface area contributed by atoms with E-state index in [0.29, 0.717) is 18.4 Å². The third kappa shape index (κ3) is 2.11. The molecule has 3 aromatic rings. The quantitative estimate of drug-likeness (QED) is 0.723. The zero-order chi connectivity index (χ0) is 17.7. The predicted molar refractivity (Wildman–Crippen MR) is 99.7 cm³/mol. The number of aromatic nitrogens is 4. The maximum atomic E-state index is 5.33. The number of rotatable bonds is 3. The van der Waals surface area contributed by atoms with Crippen LogP contribution in [0.4, 0.5) is 11.5 Å². The minimum absolute atomic E-state index is 0.173. The summed E-state index contributed by atoms with van der Waals surface area (Å²) in [5.74, 6) is 1.65. The van der Waals surface area contributed by atoms with Gasteiger partial charge in [-0.3, -0.25) is 0 Å². The average Bonchev–Trinajstić information content (AvgIpc) is 3.22. The molecule has 1 aliphatic carbocycles. The van der Waals surface area contributed by atoms with Crippen molar-refractivity contribution in [2.24, 2.45) is 0 Å². The Labute approximate surface area is 152 Å². The highest BCUT2D eigenvalue weighted by molar-refractivity contribution is 5.73. The van der Waals surface area contributed by atoms with Gasteiger partial charge in [0.05, 0.1) is 12.3 Å². The normalized spacial score (nSPS) is 24.7. The summed E-state index contributed by atoms with van der Waals surface area (Å²) in [6.07, 6.45) is 6.54. The number of ether oxygens (including phenoxy) is 1.